The number of rotatable bonds is 6. The van der Waals surface area contributed by atoms with Crippen molar-refractivity contribution in [3.05, 3.63) is 30.0 Å². The first kappa shape index (κ1) is 14.4. The van der Waals surface area contributed by atoms with Gasteiger partial charge in [0.1, 0.15) is 5.75 Å². The van der Waals surface area contributed by atoms with Crippen molar-refractivity contribution in [1.29, 1.82) is 0 Å². The maximum Gasteiger partial charge on any atom is 0.120 e. The Morgan fingerprint density at radius 1 is 1.19 bits per heavy atom. The standard InChI is InChI=1S/C17H25N3O/c1-21-15-4-5-16-14(6-10-19-8-2-3-9-19)13-20(11-7-18)17(16)12-15/h4-5,12-13H,2-3,6-11,18H2,1H3. The molecule has 0 atom stereocenters. The minimum Gasteiger partial charge on any atom is -0.497 e. The molecule has 1 fully saturated rings. The van der Waals surface area contributed by atoms with Crippen molar-refractivity contribution in [3.63, 3.8) is 0 Å². The predicted molar refractivity (Wildman–Crippen MR) is 86.9 cm³/mol. The fraction of sp³-hybridized carbons (Fsp3) is 0.529. The van der Waals surface area contributed by atoms with Gasteiger partial charge in [-0.25, -0.2) is 0 Å². The summed E-state index contributed by atoms with van der Waals surface area (Å²) in [5.41, 5.74) is 8.40. The Bertz CT molecular complexity index is 599. The molecule has 2 N–H and O–H groups in total. The van der Waals surface area contributed by atoms with Gasteiger partial charge in [0.25, 0.3) is 0 Å². The monoisotopic (exact) mass is 287 g/mol. The normalized spacial score (nSPS) is 15.9. The molecule has 0 radical (unpaired) electrons. The number of benzene rings is 1. The Hall–Kier alpha value is -1.52. The van der Waals surface area contributed by atoms with Gasteiger partial charge in [-0.1, -0.05) is 0 Å². The molecule has 3 rings (SSSR count). The summed E-state index contributed by atoms with van der Waals surface area (Å²) in [5, 5.41) is 1.34. The topological polar surface area (TPSA) is 43.4 Å². The van der Waals surface area contributed by atoms with Crippen molar-refractivity contribution in [3.8, 4) is 5.75 Å². The van der Waals surface area contributed by atoms with Gasteiger partial charge in [-0.05, 0) is 50.0 Å². The number of fused-ring (bicyclic) bond motifs is 1. The Morgan fingerprint density at radius 3 is 2.71 bits per heavy atom. The smallest absolute Gasteiger partial charge is 0.120 e. The van der Waals surface area contributed by atoms with Gasteiger partial charge in [0.15, 0.2) is 0 Å². The Balaban J connectivity index is 1.86. The maximum atomic E-state index is 5.74. The molecule has 0 amide bonds. The number of aromatic nitrogens is 1. The third-order valence-electron chi connectivity index (χ3n) is 4.44. The minimum atomic E-state index is 0.659. The van der Waals surface area contributed by atoms with E-state index in [1.165, 1.54) is 42.4 Å². The molecule has 114 valence electrons. The Kier molecular flexibility index (Phi) is 4.46. The molecule has 2 heterocycles. The third-order valence-corrected chi connectivity index (χ3v) is 4.44. The lowest BCUT2D eigenvalue weighted by atomic mass is 10.1. The molecule has 21 heavy (non-hydrogen) atoms. The molecule has 0 aliphatic carbocycles. The number of methoxy groups -OCH3 is 1. The fourth-order valence-electron chi connectivity index (χ4n) is 3.28. The van der Waals surface area contributed by atoms with Crippen LogP contribution in [0.2, 0.25) is 0 Å². The molecule has 1 aromatic carbocycles. The second-order valence-electron chi connectivity index (χ2n) is 5.82. The van der Waals surface area contributed by atoms with Gasteiger partial charge in [0.05, 0.1) is 12.6 Å². The van der Waals surface area contributed by atoms with Gasteiger partial charge in [-0.3, -0.25) is 0 Å². The molecular formula is C17H25N3O. The number of nitrogens with two attached hydrogens (primary N) is 1. The largest absolute Gasteiger partial charge is 0.497 e. The highest BCUT2D eigenvalue weighted by molar-refractivity contribution is 5.85. The van der Waals surface area contributed by atoms with Gasteiger partial charge < -0.3 is 19.9 Å². The Labute approximate surface area is 126 Å². The third kappa shape index (κ3) is 3.06. The molecule has 4 nitrogen and oxygen atoms in total. The van der Waals surface area contributed by atoms with Crippen LogP contribution in [0.15, 0.2) is 24.4 Å². The summed E-state index contributed by atoms with van der Waals surface area (Å²) in [5.74, 6) is 0.907. The molecule has 0 saturated carbocycles. The minimum absolute atomic E-state index is 0.659. The van der Waals surface area contributed by atoms with E-state index in [0.717, 1.165) is 25.3 Å². The van der Waals surface area contributed by atoms with Crippen molar-refractivity contribution < 1.29 is 4.74 Å². The number of ether oxygens (including phenoxy) is 1. The van der Waals surface area contributed by atoms with E-state index in [1.54, 1.807) is 7.11 Å². The van der Waals surface area contributed by atoms with Crippen LogP contribution in [0.1, 0.15) is 18.4 Å². The van der Waals surface area contributed by atoms with Crippen LogP contribution in [0.25, 0.3) is 10.9 Å². The molecular weight excluding hydrogens is 262 g/mol. The quantitative estimate of drug-likeness (QED) is 0.886. The van der Waals surface area contributed by atoms with Gasteiger partial charge in [0, 0.05) is 37.3 Å². The zero-order chi connectivity index (χ0) is 14.7. The van der Waals surface area contributed by atoms with Crippen molar-refractivity contribution in [2.24, 2.45) is 5.73 Å². The first-order valence-corrected chi connectivity index (χ1v) is 7.90. The summed E-state index contributed by atoms with van der Waals surface area (Å²) in [4.78, 5) is 2.57. The number of nitrogens with zero attached hydrogens (tertiary/aromatic N) is 2. The lowest BCUT2D eigenvalue weighted by molar-refractivity contribution is 0.344. The van der Waals surface area contributed by atoms with Crippen molar-refractivity contribution in [1.82, 2.24) is 9.47 Å². The molecule has 0 spiro atoms. The van der Waals surface area contributed by atoms with E-state index in [9.17, 15) is 0 Å². The van der Waals surface area contributed by atoms with Gasteiger partial charge in [-0.2, -0.15) is 0 Å². The van der Waals surface area contributed by atoms with E-state index in [2.05, 4.69) is 33.9 Å². The maximum absolute atomic E-state index is 5.74. The van der Waals surface area contributed by atoms with E-state index in [4.69, 9.17) is 10.5 Å². The van der Waals surface area contributed by atoms with Gasteiger partial charge >= 0.3 is 0 Å². The summed E-state index contributed by atoms with van der Waals surface area (Å²) < 4.78 is 7.61. The van der Waals surface area contributed by atoms with E-state index in [1.807, 2.05) is 0 Å². The van der Waals surface area contributed by atoms with Crippen LogP contribution in [0, 0.1) is 0 Å². The summed E-state index contributed by atoms with van der Waals surface area (Å²) in [7, 11) is 1.71. The highest BCUT2D eigenvalue weighted by atomic mass is 16.5. The van der Waals surface area contributed by atoms with E-state index >= 15 is 0 Å². The molecule has 1 aromatic heterocycles. The van der Waals surface area contributed by atoms with Crippen LogP contribution in [-0.2, 0) is 13.0 Å². The van der Waals surface area contributed by atoms with Crippen molar-refractivity contribution in [2.75, 3.05) is 33.3 Å². The van der Waals surface area contributed by atoms with Crippen LogP contribution in [-0.4, -0.2) is 42.8 Å². The van der Waals surface area contributed by atoms with Crippen LogP contribution in [0.4, 0.5) is 0 Å². The molecule has 0 unspecified atom stereocenters. The van der Waals surface area contributed by atoms with Gasteiger partial charge in [-0.15, -0.1) is 0 Å². The van der Waals surface area contributed by atoms with Crippen LogP contribution >= 0.6 is 0 Å². The summed E-state index contributed by atoms with van der Waals surface area (Å²) in [6, 6.07) is 6.35. The van der Waals surface area contributed by atoms with Crippen molar-refractivity contribution >= 4 is 10.9 Å². The SMILES string of the molecule is COc1ccc2c(CCN3CCCC3)cn(CCN)c2c1. The molecule has 4 heteroatoms. The highest BCUT2D eigenvalue weighted by Crippen LogP contribution is 2.26. The second kappa shape index (κ2) is 6.50. The van der Waals surface area contributed by atoms with E-state index < -0.39 is 0 Å². The zero-order valence-electron chi connectivity index (χ0n) is 12.8. The molecule has 1 aliphatic rings. The van der Waals surface area contributed by atoms with E-state index in [-0.39, 0.29) is 0 Å². The number of likely N-dealkylation sites (tertiary alicyclic amines) is 1. The average Bonchev–Trinajstić information content (AvgIpc) is 3.13. The number of hydrogen-bond acceptors (Lipinski definition) is 3. The van der Waals surface area contributed by atoms with Crippen LogP contribution in [0.3, 0.4) is 0 Å². The Morgan fingerprint density at radius 2 is 2.00 bits per heavy atom. The number of hydrogen-bond donors (Lipinski definition) is 1. The fourth-order valence-corrected chi connectivity index (χ4v) is 3.28. The molecule has 1 saturated heterocycles. The molecule has 2 aromatic rings. The first-order valence-electron chi connectivity index (χ1n) is 7.90. The van der Waals surface area contributed by atoms with Crippen LogP contribution < -0.4 is 10.5 Å². The zero-order valence-corrected chi connectivity index (χ0v) is 12.8. The van der Waals surface area contributed by atoms with Gasteiger partial charge in [0.2, 0.25) is 0 Å². The first-order chi connectivity index (χ1) is 10.3. The lowest BCUT2D eigenvalue weighted by Crippen LogP contribution is -2.21. The van der Waals surface area contributed by atoms with Crippen molar-refractivity contribution in [2.45, 2.75) is 25.8 Å². The predicted octanol–water partition coefficient (Wildman–Crippen LogP) is 2.25. The summed E-state index contributed by atoms with van der Waals surface area (Å²) in [6.07, 6.45) is 6.09. The summed E-state index contributed by atoms with van der Waals surface area (Å²) in [6.45, 7) is 5.19. The molecule has 1 aliphatic heterocycles. The molecule has 0 bridgehead atoms. The summed E-state index contributed by atoms with van der Waals surface area (Å²) >= 11 is 0. The average molecular weight is 287 g/mol. The van der Waals surface area contributed by atoms with Crippen LogP contribution in [0.5, 0.6) is 5.75 Å². The highest BCUT2D eigenvalue weighted by Gasteiger charge is 2.14. The lowest BCUT2D eigenvalue weighted by Gasteiger charge is -2.13. The second-order valence-corrected chi connectivity index (χ2v) is 5.82. The van der Waals surface area contributed by atoms with E-state index in [0.29, 0.717) is 6.54 Å².